The number of alkyl halides is 2. The smallest absolute Gasteiger partial charge is 0.387 e. The molecule has 2 rings (SSSR count). The molecule has 1 atom stereocenters. The van der Waals surface area contributed by atoms with Gasteiger partial charge in [-0.25, -0.2) is 0 Å². The first kappa shape index (κ1) is 20.5. The van der Waals surface area contributed by atoms with E-state index in [0.717, 1.165) is 29.8 Å². The molecule has 0 radical (unpaired) electrons. The fraction of sp³-hybridized carbons (Fsp3) is 0.316. The first-order chi connectivity index (χ1) is 12.6. The fourth-order valence-corrected chi connectivity index (χ4v) is 3.10. The largest absolute Gasteiger partial charge is 0.435 e. The highest BCUT2D eigenvalue weighted by molar-refractivity contribution is 7.98. The van der Waals surface area contributed by atoms with Crippen LogP contribution in [0.3, 0.4) is 0 Å². The number of ether oxygens (including phenoxy) is 1. The molecule has 0 amide bonds. The molecule has 0 unspecified atom stereocenters. The number of thioether (sulfide) groups is 1. The lowest BCUT2D eigenvalue weighted by Crippen LogP contribution is -2.38. The average Bonchev–Trinajstić information content (AvgIpc) is 2.64. The first-order valence-corrected chi connectivity index (χ1v) is 10.0. The number of rotatable bonds is 9. The summed E-state index contributed by atoms with van der Waals surface area (Å²) < 4.78 is 29.1. The maximum atomic E-state index is 12.3. The van der Waals surface area contributed by atoms with E-state index < -0.39 is 6.61 Å². The lowest BCUT2D eigenvalue weighted by Gasteiger charge is -2.22. The number of hydrogen-bond acceptors (Lipinski definition) is 3. The van der Waals surface area contributed by atoms with Crippen LogP contribution in [-0.2, 0) is 0 Å². The summed E-state index contributed by atoms with van der Waals surface area (Å²) in [4.78, 5) is 0. The molecule has 3 nitrogen and oxygen atoms in total. The predicted molar refractivity (Wildman–Crippen MR) is 108 cm³/mol. The second-order valence-corrected chi connectivity index (χ2v) is 6.93. The summed E-state index contributed by atoms with van der Waals surface area (Å²) >= 11 is 7.21. The van der Waals surface area contributed by atoms with Gasteiger partial charge in [0, 0.05) is 6.54 Å². The van der Waals surface area contributed by atoms with Gasteiger partial charge in [0.05, 0.1) is 6.04 Å². The summed E-state index contributed by atoms with van der Waals surface area (Å²) in [6, 6.07) is 16.3. The molecule has 0 aliphatic carbocycles. The summed E-state index contributed by atoms with van der Waals surface area (Å²) in [5.41, 5.74) is 1.94. The Labute approximate surface area is 162 Å². The van der Waals surface area contributed by atoms with E-state index in [9.17, 15) is 8.78 Å². The second-order valence-electron chi connectivity index (χ2n) is 5.54. The Balaban J connectivity index is 2.10. The zero-order valence-electron chi connectivity index (χ0n) is 14.5. The van der Waals surface area contributed by atoms with Crippen LogP contribution in [0.5, 0.6) is 5.75 Å². The van der Waals surface area contributed by atoms with Gasteiger partial charge in [0.2, 0.25) is 0 Å². The van der Waals surface area contributed by atoms with Gasteiger partial charge in [0.25, 0.3) is 0 Å². The Morgan fingerprint density at radius 2 is 1.73 bits per heavy atom. The van der Waals surface area contributed by atoms with Gasteiger partial charge in [0.15, 0.2) is 5.11 Å². The summed E-state index contributed by atoms with van der Waals surface area (Å²) in [5, 5.41) is 7.08. The Bertz CT molecular complexity index is 669. The lowest BCUT2D eigenvalue weighted by atomic mass is 9.99. The van der Waals surface area contributed by atoms with Crippen molar-refractivity contribution in [2.45, 2.75) is 19.1 Å². The molecule has 0 aliphatic rings. The minimum absolute atomic E-state index is 0.133. The molecule has 0 aliphatic heterocycles. The molecule has 26 heavy (non-hydrogen) atoms. The van der Waals surface area contributed by atoms with E-state index in [1.54, 1.807) is 23.9 Å². The summed E-state index contributed by atoms with van der Waals surface area (Å²) in [5.74, 6) is 1.21. The van der Waals surface area contributed by atoms with Crippen LogP contribution in [0.4, 0.5) is 8.78 Å². The normalized spacial score (nSPS) is 11.8. The van der Waals surface area contributed by atoms with Gasteiger partial charge in [-0.3, -0.25) is 0 Å². The molecule has 2 aromatic carbocycles. The molecule has 0 bridgehead atoms. The lowest BCUT2D eigenvalue weighted by molar-refractivity contribution is -0.0498. The standard InChI is InChI=1S/C19H22F2N2OS2/c1-26-13-5-12-22-19(25)23-17(14-6-3-2-4-7-14)15-8-10-16(11-9-15)24-18(20)21/h2-4,6-11,17-18H,5,12-13H2,1H3,(H2,22,23,25)/t17-/m1/s1. The molecular formula is C19H22F2N2OS2. The summed E-state index contributed by atoms with van der Waals surface area (Å²) in [6.07, 6.45) is 3.10. The molecule has 7 heteroatoms. The first-order valence-electron chi connectivity index (χ1n) is 8.23. The van der Waals surface area contributed by atoms with Crippen LogP contribution < -0.4 is 15.4 Å². The number of hydrogen-bond donors (Lipinski definition) is 2. The average molecular weight is 397 g/mol. The molecule has 0 heterocycles. The quantitative estimate of drug-likeness (QED) is 0.478. The minimum atomic E-state index is -2.83. The maximum Gasteiger partial charge on any atom is 0.387 e. The van der Waals surface area contributed by atoms with Crippen molar-refractivity contribution in [1.29, 1.82) is 0 Å². The second kappa shape index (κ2) is 11.0. The number of halogens is 2. The number of thiocarbonyl (C=S) groups is 1. The Hall–Kier alpha value is -1.86. The van der Waals surface area contributed by atoms with Crippen LogP contribution in [0.1, 0.15) is 23.6 Å². The van der Waals surface area contributed by atoms with Crippen molar-refractivity contribution in [3.63, 3.8) is 0 Å². The molecule has 0 spiro atoms. The van der Waals surface area contributed by atoms with E-state index in [1.165, 1.54) is 12.1 Å². The van der Waals surface area contributed by atoms with Crippen LogP contribution in [0.15, 0.2) is 54.6 Å². The van der Waals surface area contributed by atoms with Crippen LogP contribution in [0.2, 0.25) is 0 Å². The van der Waals surface area contributed by atoms with Crippen molar-refractivity contribution in [1.82, 2.24) is 10.6 Å². The molecule has 0 saturated carbocycles. The molecule has 2 aromatic rings. The van der Waals surface area contributed by atoms with Gasteiger partial charge in [-0.2, -0.15) is 20.5 Å². The van der Waals surface area contributed by atoms with Gasteiger partial charge in [-0.1, -0.05) is 42.5 Å². The van der Waals surface area contributed by atoms with Crippen molar-refractivity contribution < 1.29 is 13.5 Å². The van der Waals surface area contributed by atoms with Crippen LogP contribution >= 0.6 is 24.0 Å². The fourth-order valence-electron chi connectivity index (χ4n) is 2.45. The van der Waals surface area contributed by atoms with Crippen molar-refractivity contribution in [2.75, 3.05) is 18.6 Å². The Kier molecular flexibility index (Phi) is 8.64. The maximum absolute atomic E-state index is 12.3. The monoisotopic (exact) mass is 396 g/mol. The van der Waals surface area contributed by atoms with Crippen molar-refractivity contribution in [2.24, 2.45) is 0 Å². The van der Waals surface area contributed by atoms with Crippen LogP contribution in [0.25, 0.3) is 0 Å². The van der Waals surface area contributed by atoms with E-state index in [-0.39, 0.29) is 11.8 Å². The van der Waals surface area contributed by atoms with Crippen molar-refractivity contribution in [3.05, 3.63) is 65.7 Å². The highest BCUT2D eigenvalue weighted by atomic mass is 32.2. The van der Waals surface area contributed by atoms with Gasteiger partial charge < -0.3 is 15.4 Å². The van der Waals surface area contributed by atoms with E-state index in [1.807, 2.05) is 30.3 Å². The topological polar surface area (TPSA) is 33.3 Å². The third-order valence-corrected chi connectivity index (χ3v) is 4.62. The summed E-state index contributed by atoms with van der Waals surface area (Å²) in [6.45, 7) is -2.03. The predicted octanol–water partition coefficient (Wildman–Crippen LogP) is 4.59. The van der Waals surface area contributed by atoms with Gasteiger partial charge in [-0.15, -0.1) is 0 Å². The highest BCUT2D eigenvalue weighted by Crippen LogP contribution is 2.24. The third-order valence-electron chi connectivity index (χ3n) is 3.66. The zero-order valence-corrected chi connectivity index (χ0v) is 16.1. The zero-order chi connectivity index (χ0) is 18.8. The minimum Gasteiger partial charge on any atom is -0.435 e. The van der Waals surface area contributed by atoms with E-state index in [0.29, 0.717) is 5.11 Å². The SMILES string of the molecule is CSCCCNC(=S)N[C@H](c1ccccc1)c1ccc(OC(F)F)cc1. The molecule has 2 N–H and O–H groups in total. The Morgan fingerprint density at radius 1 is 1.08 bits per heavy atom. The van der Waals surface area contributed by atoms with Gasteiger partial charge >= 0.3 is 6.61 Å². The Morgan fingerprint density at radius 3 is 2.35 bits per heavy atom. The summed E-state index contributed by atoms with van der Waals surface area (Å²) in [7, 11) is 0. The van der Waals surface area contributed by atoms with Gasteiger partial charge in [-0.05, 0) is 53.9 Å². The van der Waals surface area contributed by atoms with Crippen molar-refractivity contribution in [3.8, 4) is 5.75 Å². The highest BCUT2D eigenvalue weighted by Gasteiger charge is 2.15. The van der Waals surface area contributed by atoms with E-state index in [2.05, 4.69) is 21.6 Å². The van der Waals surface area contributed by atoms with E-state index in [4.69, 9.17) is 12.2 Å². The van der Waals surface area contributed by atoms with Gasteiger partial charge in [0.1, 0.15) is 5.75 Å². The molecule has 0 saturated heterocycles. The number of nitrogens with one attached hydrogen (secondary N) is 2. The van der Waals surface area contributed by atoms with Crippen molar-refractivity contribution >= 4 is 29.1 Å². The third kappa shape index (κ3) is 6.80. The molecular weight excluding hydrogens is 374 g/mol. The number of benzene rings is 2. The molecule has 140 valence electrons. The molecule has 0 fully saturated rings. The molecule has 0 aromatic heterocycles. The van der Waals surface area contributed by atoms with E-state index >= 15 is 0 Å². The van der Waals surface area contributed by atoms with Crippen LogP contribution in [-0.4, -0.2) is 30.3 Å². The van der Waals surface area contributed by atoms with Crippen LogP contribution in [0, 0.1) is 0 Å².